The van der Waals surface area contributed by atoms with Crippen LogP contribution < -0.4 is 5.32 Å². The van der Waals surface area contributed by atoms with Gasteiger partial charge < -0.3 is 10.2 Å². The van der Waals surface area contributed by atoms with E-state index in [1.54, 1.807) is 0 Å². The Morgan fingerprint density at radius 2 is 2.00 bits per heavy atom. The van der Waals surface area contributed by atoms with Crippen molar-refractivity contribution in [3.63, 3.8) is 0 Å². The van der Waals surface area contributed by atoms with Gasteiger partial charge in [-0.15, -0.1) is 0 Å². The first-order chi connectivity index (χ1) is 6.27. The summed E-state index contributed by atoms with van der Waals surface area (Å²) >= 11 is 0. The van der Waals surface area contributed by atoms with Crippen molar-refractivity contribution in [2.45, 2.75) is 13.0 Å². The number of nitriles is 1. The zero-order valence-electron chi connectivity index (χ0n) is 8.45. The number of nitrogens with zero attached hydrogens (tertiary/aromatic N) is 3. The van der Waals surface area contributed by atoms with Crippen LogP contribution in [-0.2, 0) is 0 Å². The number of nitrogens with one attached hydrogen (secondary N) is 1. The van der Waals surface area contributed by atoms with Crippen LogP contribution in [0.5, 0.6) is 0 Å². The normalized spacial score (nSPS) is 21.2. The maximum Gasteiger partial charge on any atom is 0.179 e. The average Bonchev–Trinajstić information content (AvgIpc) is 2.18. The van der Waals surface area contributed by atoms with Gasteiger partial charge >= 0.3 is 0 Å². The summed E-state index contributed by atoms with van der Waals surface area (Å²) in [4.78, 5) is 4.24. The lowest BCUT2D eigenvalue weighted by Crippen LogP contribution is -2.50. The lowest BCUT2D eigenvalue weighted by molar-refractivity contribution is 0.134. The molecule has 1 aliphatic rings. The van der Waals surface area contributed by atoms with Crippen LogP contribution in [0.1, 0.15) is 6.92 Å². The molecule has 1 rings (SSSR count). The fraction of sp³-hybridized carbons (Fsp3) is 0.889. The van der Waals surface area contributed by atoms with Crippen LogP contribution in [0.15, 0.2) is 0 Å². The molecule has 4 heteroatoms. The smallest absolute Gasteiger partial charge is 0.179 e. The summed E-state index contributed by atoms with van der Waals surface area (Å²) in [6.45, 7) is 7.02. The van der Waals surface area contributed by atoms with Crippen LogP contribution in [0.4, 0.5) is 0 Å². The molecule has 0 aromatic carbocycles. The fourth-order valence-electron chi connectivity index (χ4n) is 1.69. The van der Waals surface area contributed by atoms with Gasteiger partial charge in [0.25, 0.3) is 0 Å². The molecule has 0 radical (unpaired) electrons. The predicted octanol–water partition coefficient (Wildman–Crippen LogP) is -0.307. The Labute approximate surface area is 80.1 Å². The summed E-state index contributed by atoms with van der Waals surface area (Å²) < 4.78 is 0. The Balaban J connectivity index is 2.28. The molecule has 1 fully saturated rings. The zero-order valence-corrected chi connectivity index (χ0v) is 8.45. The van der Waals surface area contributed by atoms with Crippen molar-refractivity contribution in [3.05, 3.63) is 0 Å². The van der Waals surface area contributed by atoms with Crippen molar-refractivity contribution < 1.29 is 0 Å². The number of likely N-dealkylation sites (N-methyl/N-ethyl adjacent to an activating group) is 1. The van der Waals surface area contributed by atoms with Gasteiger partial charge in [-0.25, -0.2) is 0 Å². The SMILES string of the molecule is CNCC(C)N1CCN(C#N)CC1. The van der Waals surface area contributed by atoms with E-state index < -0.39 is 0 Å². The number of rotatable bonds is 3. The third-order valence-corrected chi connectivity index (χ3v) is 2.58. The van der Waals surface area contributed by atoms with Gasteiger partial charge in [0.15, 0.2) is 6.19 Å². The van der Waals surface area contributed by atoms with Crippen LogP contribution in [0.25, 0.3) is 0 Å². The van der Waals surface area contributed by atoms with Crippen molar-refractivity contribution in [1.82, 2.24) is 15.1 Å². The van der Waals surface area contributed by atoms with Crippen molar-refractivity contribution in [3.8, 4) is 6.19 Å². The standard InChI is InChI=1S/C9H18N4/c1-9(7-11-2)13-5-3-12(8-10)4-6-13/h9,11H,3-7H2,1-2H3. The first-order valence-electron chi connectivity index (χ1n) is 4.81. The van der Waals surface area contributed by atoms with E-state index in [0.717, 1.165) is 32.7 Å². The van der Waals surface area contributed by atoms with Crippen LogP contribution in [-0.4, -0.2) is 55.6 Å². The van der Waals surface area contributed by atoms with Crippen LogP contribution in [0.3, 0.4) is 0 Å². The second-order valence-electron chi connectivity index (χ2n) is 3.53. The Morgan fingerprint density at radius 1 is 1.38 bits per heavy atom. The van der Waals surface area contributed by atoms with Crippen molar-refractivity contribution in [2.24, 2.45) is 0 Å². The van der Waals surface area contributed by atoms with Crippen molar-refractivity contribution >= 4 is 0 Å². The van der Waals surface area contributed by atoms with E-state index in [2.05, 4.69) is 23.3 Å². The molecule has 0 aromatic rings. The maximum atomic E-state index is 8.66. The van der Waals surface area contributed by atoms with E-state index in [1.807, 2.05) is 11.9 Å². The minimum absolute atomic E-state index is 0.575. The molecule has 0 aliphatic carbocycles. The molecule has 0 amide bonds. The Morgan fingerprint density at radius 3 is 2.46 bits per heavy atom. The summed E-state index contributed by atoms with van der Waals surface area (Å²) in [7, 11) is 1.97. The van der Waals surface area contributed by atoms with Crippen LogP contribution in [0, 0.1) is 11.5 Å². The number of piperazine rings is 1. The minimum atomic E-state index is 0.575. The van der Waals surface area contributed by atoms with Gasteiger partial charge in [-0.3, -0.25) is 4.90 Å². The topological polar surface area (TPSA) is 42.3 Å². The molecule has 4 nitrogen and oxygen atoms in total. The van der Waals surface area contributed by atoms with E-state index in [0.29, 0.717) is 6.04 Å². The Hall–Kier alpha value is -0.790. The van der Waals surface area contributed by atoms with Gasteiger partial charge in [0.1, 0.15) is 0 Å². The van der Waals surface area contributed by atoms with E-state index in [1.165, 1.54) is 0 Å². The lowest BCUT2D eigenvalue weighted by atomic mass is 10.2. The molecular weight excluding hydrogens is 164 g/mol. The first-order valence-corrected chi connectivity index (χ1v) is 4.81. The average molecular weight is 182 g/mol. The molecule has 0 saturated carbocycles. The molecule has 1 unspecified atom stereocenters. The summed E-state index contributed by atoms with van der Waals surface area (Å²) in [5.41, 5.74) is 0. The minimum Gasteiger partial charge on any atom is -0.318 e. The number of hydrogen-bond acceptors (Lipinski definition) is 4. The van der Waals surface area contributed by atoms with Gasteiger partial charge in [-0.05, 0) is 14.0 Å². The van der Waals surface area contributed by atoms with E-state index in [4.69, 9.17) is 5.26 Å². The second-order valence-corrected chi connectivity index (χ2v) is 3.53. The molecule has 13 heavy (non-hydrogen) atoms. The van der Waals surface area contributed by atoms with Gasteiger partial charge in [0.05, 0.1) is 0 Å². The van der Waals surface area contributed by atoms with Gasteiger partial charge in [-0.1, -0.05) is 0 Å². The fourth-order valence-corrected chi connectivity index (χ4v) is 1.69. The highest BCUT2D eigenvalue weighted by Crippen LogP contribution is 2.04. The molecule has 1 N–H and O–H groups in total. The lowest BCUT2D eigenvalue weighted by Gasteiger charge is -2.35. The van der Waals surface area contributed by atoms with Crippen molar-refractivity contribution in [2.75, 3.05) is 39.8 Å². The molecular formula is C9H18N4. The highest BCUT2D eigenvalue weighted by atomic mass is 15.3. The van der Waals surface area contributed by atoms with E-state index in [-0.39, 0.29) is 0 Å². The van der Waals surface area contributed by atoms with Crippen LogP contribution in [0.2, 0.25) is 0 Å². The summed E-state index contributed by atoms with van der Waals surface area (Å²) in [6, 6.07) is 0.575. The summed E-state index contributed by atoms with van der Waals surface area (Å²) in [5, 5.41) is 11.8. The highest BCUT2D eigenvalue weighted by molar-refractivity contribution is 4.83. The van der Waals surface area contributed by atoms with Gasteiger partial charge in [0.2, 0.25) is 0 Å². The van der Waals surface area contributed by atoms with Crippen LogP contribution >= 0.6 is 0 Å². The monoisotopic (exact) mass is 182 g/mol. The molecule has 1 atom stereocenters. The molecule has 1 aliphatic heterocycles. The highest BCUT2D eigenvalue weighted by Gasteiger charge is 2.19. The van der Waals surface area contributed by atoms with Gasteiger partial charge in [-0.2, -0.15) is 5.26 Å². The molecule has 74 valence electrons. The number of hydrogen-bond donors (Lipinski definition) is 1. The second kappa shape index (κ2) is 5.05. The third kappa shape index (κ3) is 2.87. The maximum absolute atomic E-state index is 8.66. The zero-order chi connectivity index (χ0) is 9.68. The molecule has 0 spiro atoms. The summed E-state index contributed by atoms with van der Waals surface area (Å²) in [5.74, 6) is 0. The predicted molar refractivity (Wildman–Crippen MR) is 52.1 cm³/mol. The Bertz CT molecular complexity index is 179. The summed E-state index contributed by atoms with van der Waals surface area (Å²) in [6.07, 6.45) is 2.19. The van der Waals surface area contributed by atoms with E-state index in [9.17, 15) is 0 Å². The largest absolute Gasteiger partial charge is 0.318 e. The third-order valence-electron chi connectivity index (χ3n) is 2.58. The first kappa shape index (κ1) is 10.3. The van der Waals surface area contributed by atoms with Gasteiger partial charge in [0, 0.05) is 38.8 Å². The molecule has 0 bridgehead atoms. The molecule has 1 heterocycles. The molecule has 0 aromatic heterocycles. The quantitative estimate of drug-likeness (QED) is 0.608. The Kier molecular flexibility index (Phi) is 4.00. The molecule has 1 saturated heterocycles. The van der Waals surface area contributed by atoms with E-state index >= 15 is 0 Å². The van der Waals surface area contributed by atoms with Crippen molar-refractivity contribution in [1.29, 1.82) is 5.26 Å².